The van der Waals surface area contributed by atoms with Crippen molar-refractivity contribution in [2.24, 2.45) is 0 Å². The number of aliphatic hydroxyl groups is 4. The first kappa shape index (κ1) is 22.3. The molecule has 3 heterocycles. The van der Waals surface area contributed by atoms with Gasteiger partial charge in [0.15, 0.2) is 0 Å². The first-order valence-electron chi connectivity index (χ1n) is 9.55. The van der Waals surface area contributed by atoms with Crippen LogP contribution in [-0.2, 0) is 21.7 Å². The van der Waals surface area contributed by atoms with Gasteiger partial charge in [-0.1, -0.05) is 29.8 Å². The first-order chi connectivity index (χ1) is 14.7. The molecule has 3 saturated heterocycles. The van der Waals surface area contributed by atoms with Crippen LogP contribution in [0.2, 0.25) is 5.02 Å². The molecule has 168 valence electrons. The smallest absolute Gasteiger partial charge is 0.272 e. The summed E-state index contributed by atoms with van der Waals surface area (Å²) < 4.78 is 40.7. The van der Waals surface area contributed by atoms with Crippen molar-refractivity contribution in [3.63, 3.8) is 0 Å². The lowest BCUT2D eigenvalue weighted by Gasteiger charge is -2.63. The SMILES string of the molecule is OCC12OC(c3ccc(Cl)c(Cc4ccc(OCC(F)F)cc4)c3)(O1)C(O)C(O)C2O. The standard InChI is InChI=1S/C21H21ClF2O7/c22-15-6-3-13(21-19(28)17(26)18(27)20(10-25,30-21)31-21)8-12(15)7-11-1-4-14(5-2-11)29-9-16(23)24/h1-6,8,16-19,25-28H,7,9-10H2. The molecule has 3 aliphatic rings. The molecule has 0 radical (unpaired) electrons. The Morgan fingerprint density at radius 2 is 1.71 bits per heavy atom. The minimum atomic E-state index is -2.56. The maximum atomic E-state index is 12.3. The Morgan fingerprint density at radius 3 is 2.32 bits per heavy atom. The second-order valence-electron chi connectivity index (χ2n) is 7.55. The minimum Gasteiger partial charge on any atom is -0.488 e. The maximum absolute atomic E-state index is 12.3. The van der Waals surface area contributed by atoms with Crippen LogP contribution in [0.25, 0.3) is 0 Å². The van der Waals surface area contributed by atoms with Crippen molar-refractivity contribution in [1.82, 2.24) is 0 Å². The van der Waals surface area contributed by atoms with Gasteiger partial charge in [-0.05, 0) is 41.8 Å². The summed E-state index contributed by atoms with van der Waals surface area (Å²) in [5, 5.41) is 40.7. The molecule has 0 aromatic heterocycles. The molecular weight excluding hydrogens is 438 g/mol. The van der Waals surface area contributed by atoms with Crippen molar-refractivity contribution in [3.05, 3.63) is 64.2 Å². The van der Waals surface area contributed by atoms with Gasteiger partial charge in [-0.2, -0.15) is 0 Å². The molecule has 31 heavy (non-hydrogen) atoms. The summed E-state index contributed by atoms with van der Waals surface area (Å²) in [6.45, 7) is -1.40. The van der Waals surface area contributed by atoms with Crippen molar-refractivity contribution in [1.29, 1.82) is 0 Å². The van der Waals surface area contributed by atoms with Crippen molar-refractivity contribution in [2.75, 3.05) is 13.2 Å². The highest BCUT2D eigenvalue weighted by Crippen LogP contribution is 2.55. The van der Waals surface area contributed by atoms with Gasteiger partial charge < -0.3 is 34.6 Å². The largest absolute Gasteiger partial charge is 0.488 e. The zero-order valence-corrected chi connectivity index (χ0v) is 16.9. The highest BCUT2D eigenvalue weighted by Gasteiger charge is 2.73. The zero-order chi connectivity index (χ0) is 22.4. The van der Waals surface area contributed by atoms with Crippen LogP contribution in [0.3, 0.4) is 0 Å². The molecule has 3 atom stereocenters. The summed E-state index contributed by atoms with van der Waals surface area (Å²) in [7, 11) is 0. The second-order valence-corrected chi connectivity index (χ2v) is 7.96. The summed E-state index contributed by atoms with van der Waals surface area (Å²) in [6.07, 6.45) is -7.00. The van der Waals surface area contributed by atoms with Crippen LogP contribution in [0.4, 0.5) is 8.78 Å². The summed E-state index contributed by atoms with van der Waals surface area (Å²) in [5.74, 6) is -3.25. The highest BCUT2D eigenvalue weighted by molar-refractivity contribution is 6.31. The molecule has 10 heteroatoms. The van der Waals surface area contributed by atoms with E-state index in [1.54, 1.807) is 42.5 Å². The van der Waals surface area contributed by atoms with Crippen LogP contribution >= 0.6 is 11.6 Å². The van der Waals surface area contributed by atoms with Gasteiger partial charge in [-0.15, -0.1) is 0 Å². The number of benzene rings is 2. The maximum Gasteiger partial charge on any atom is 0.272 e. The van der Waals surface area contributed by atoms with Gasteiger partial charge in [0.1, 0.15) is 37.3 Å². The first-order valence-corrected chi connectivity index (χ1v) is 9.93. The monoisotopic (exact) mass is 458 g/mol. The van der Waals surface area contributed by atoms with Gasteiger partial charge in [0.05, 0.1) is 0 Å². The normalized spacial score (nSPS) is 32.1. The van der Waals surface area contributed by atoms with Gasteiger partial charge in [0.25, 0.3) is 6.43 Å². The minimum absolute atomic E-state index is 0.317. The van der Waals surface area contributed by atoms with Crippen LogP contribution in [0.5, 0.6) is 5.75 Å². The predicted molar refractivity (Wildman–Crippen MR) is 104 cm³/mol. The van der Waals surface area contributed by atoms with Crippen molar-refractivity contribution >= 4 is 11.6 Å². The Hall–Kier alpha value is -1.85. The summed E-state index contributed by atoms with van der Waals surface area (Å²) in [5.41, 5.74) is 1.82. The van der Waals surface area contributed by atoms with E-state index in [1.165, 1.54) is 0 Å². The summed E-state index contributed by atoms with van der Waals surface area (Å²) in [6, 6.07) is 11.3. The van der Waals surface area contributed by atoms with E-state index in [-0.39, 0.29) is 0 Å². The van der Waals surface area contributed by atoms with Crippen molar-refractivity contribution in [3.8, 4) is 5.75 Å². The average Bonchev–Trinajstić information content (AvgIpc) is 2.73. The van der Waals surface area contributed by atoms with E-state index in [1.807, 2.05) is 0 Å². The molecule has 3 aliphatic heterocycles. The van der Waals surface area contributed by atoms with Gasteiger partial charge in [-0.25, -0.2) is 8.78 Å². The van der Waals surface area contributed by atoms with E-state index in [0.717, 1.165) is 5.56 Å². The molecule has 2 bridgehead atoms. The van der Waals surface area contributed by atoms with E-state index in [4.69, 9.17) is 25.8 Å². The second kappa shape index (κ2) is 8.25. The number of alkyl halides is 2. The third-order valence-corrected chi connectivity index (χ3v) is 5.87. The van der Waals surface area contributed by atoms with E-state index in [2.05, 4.69) is 0 Å². The lowest BCUT2D eigenvalue weighted by Crippen LogP contribution is -2.81. The van der Waals surface area contributed by atoms with Crippen molar-refractivity contribution < 1.29 is 43.4 Å². The molecule has 5 rings (SSSR count). The topological polar surface area (TPSA) is 109 Å². The Bertz CT molecular complexity index is 934. The third-order valence-electron chi connectivity index (χ3n) is 5.50. The van der Waals surface area contributed by atoms with Gasteiger partial charge in [0, 0.05) is 10.6 Å². The fraction of sp³-hybridized carbons (Fsp3) is 0.429. The Morgan fingerprint density at radius 1 is 1.03 bits per heavy atom. The lowest BCUT2D eigenvalue weighted by atomic mass is 9.81. The average molecular weight is 459 g/mol. The Balaban J connectivity index is 1.56. The van der Waals surface area contributed by atoms with Crippen LogP contribution in [0.15, 0.2) is 42.5 Å². The van der Waals surface area contributed by atoms with Crippen LogP contribution in [0, 0.1) is 0 Å². The molecule has 7 nitrogen and oxygen atoms in total. The number of halogens is 3. The molecule has 2 aromatic carbocycles. The molecule has 3 fully saturated rings. The zero-order valence-electron chi connectivity index (χ0n) is 16.1. The Labute approximate surface area is 181 Å². The molecule has 0 saturated carbocycles. The molecule has 3 unspecified atom stereocenters. The molecule has 0 amide bonds. The molecule has 0 spiro atoms. The fourth-order valence-corrected chi connectivity index (χ4v) is 4.06. The van der Waals surface area contributed by atoms with Crippen molar-refractivity contribution in [2.45, 2.75) is 42.7 Å². The third kappa shape index (κ3) is 3.80. The molecule has 4 N–H and O–H groups in total. The molecule has 0 aliphatic carbocycles. The van der Waals surface area contributed by atoms with E-state index in [0.29, 0.717) is 28.3 Å². The summed E-state index contributed by atoms with van der Waals surface area (Å²) in [4.78, 5) is 0. The number of hydrogen-bond donors (Lipinski definition) is 4. The number of hydrogen-bond acceptors (Lipinski definition) is 7. The van der Waals surface area contributed by atoms with Crippen LogP contribution < -0.4 is 4.74 Å². The van der Waals surface area contributed by atoms with E-state index < -0.39 is 49.5 Å². The lowest BCUT2D eigenvalue weighted by molar-refractivity contribution is -0.591. The van der Waals surface area contributed by atoms with Crippen LogP contribution in [0.1, 0.15) is 16.7 Å². The van der Waals surface area contributed by atoms with Gasteiger partial charge >= 0.3 is 0 Å². The van der Waals surface area contributed by atoms with Gasteiger partial charge in [-0.3, -0.25) is 0 Å². The quantitative estimate of drug-likeness (QED) is 0.498. The predicted octanol–water partition coefficient (Wildman–Crippen LogP) is 1.56. The number of rotatable bonds is 7. The van der Waals surface area contributed by atoms with Crippen LogP contribution in [-0.4, -0.2) is 64.2 Å². The molecular formula is C21H21ClF2O7. The van der Waals surface area contributed by atoms with E-state index >= 15 is 0 Å². The van der Waals surface area contributed by atoms with Gasteiger partial charge in [0.2, 0.25) is 11.6 Å². The fourth-order valence-electron chi connectivity index (χ4n) is 3.88. The van der Waals surface area contributed by atoms with E-state index in [9.17, 15) is 29.2 Å². The summed E-state index contributed by atoms with van der Waals surface area (Å²) >= 11 is 6.32. The number of ether oxygens (including phenoxy) is 3. The molecule has 2 aromatic rings. The Kier molecular flexibility index (Phi) is 5.95. The number of aliphatic hydroxyl groups excluding tert-OH is 4. The highest BCUT2D eigenvalue weighted by atomic mass is 35.5. The number of fused-ring (bicyclic) bond motifs is 2.